The highest BCUT2D eigenvalue weighted by Gasteiger charge is 2.19. The molecule has 2 rings (SSSR count). The molecule has 1 unspecified atom stereocenters. The SMILES string of the molecule is CCc1nc(N(C)C(C)c2ccccc2Cl)sc1CN. The molecule has 0 spiro atoms. The Morgan fingerprint density at radius 3 is 2.65 bits per heavy atom. The van der Waals surface area contributed by atoms with Gasteiger partial charge in [0.1, 0.15) is 0 Å². The smallest absolute Gasteiger partial charge is 0.186 e. The fourth-order valence-electron chi connectivity index (χ4n) is 2.14. The molecule has 0 aliphatic carbocycles. The highest BCUT2D eigenvalue weighted by Crippen LogP contribution is 2.33. The first-order chi connectivity index (χ1) is 9.58. The van der Waals surface area contributed by atoms with Crippen LogP contribution in [0.15, 0.2) is 24.3 Å². The van der Waals surface area contributed by atoms with E-state index in [1.54, 1.807) is 11.3 Å². The number of hydrogen-bond acceptors (Lipinski definition) is 4. The molecular weight excluding hydrogens is 290 g/mol. The summed E-state index contributed by atoms with van der Waals surface area (Å²) in [4.78, 5) is 8.02. The van der Waals surface area contributed by atoms with Crippen molar-refractivity contribution < 1.29 is 0 Å². The van der Waals surface area contributed by atoms with Gasteiger partial charge in [-0.25, -0.2) is 4.98 Å². The Morgan fingerprint density at radius 2 is 2.10 bits per heavy atom. The number of anilines is 1. The molecule has 108 valence electrons. The summed E-state index contributed by atoms with van der Waals surface area (Å²) < 4.78 is 0. The molecule has 1 aromatic carbocycles. The number of aromatic nitrogens is 1. The van der Waals surface area contributed by atoms with Gasteiger partial charge in [0, 0.05) is 23.5 Å². The van der Waals surface area contributed by atoms with Crippen molar-refractivity contribution in [1.82, 2.24) is 4.98 Å². The first-order valence-corrected chi connectivity index (χ1v) is 7.93. The minimum atomic E-state index is 0.171. The summed E-state index contributed by atoms with van der Waals surface area (Å²) in [6, 6.07) is 8.11. The number of aryl methyl sites for hydroxylation is 1. The summed E-state index contributed by atoms with van der Waals surface area (Å²) in [5.41, 5.74) is 7.99. The van der Waals surface area contributed by atoms with Crippen LogP contribution in [0, 0.1) is 0 Å². The maximum Gasteiger partial charge on any atom is 0.186 e. The average Bonchev–Trinajstić information content (AvgIpc) is 2.89. The van der Waals surface area contributed by atoms with E-state index < -0.39 is 0 Å². The predicted octanol–water partition coefficient (Wildman–Crippen LogP) is 4.02. The summed E-state index contributed by atoms with van der Waals surface area (Å²) >= 11 is 7.95. The molecule has 3 nitrogen and oxygen atoms in total. The molecule has 1 aromatic heterocycles. The molecule has 0 amide bonds. The van der Waals surface area contributed by atoms with Gasteiger partial charge >= 0.3 is 0 Å². The molecular formula is C15H20ClN3S. The lowest BCUT2D eigenvalue weighted by molar-refractivity contribution is 0.735. The molecule has 5 heteroatoms. The Morgan fingerprint density at radius 1 is 1.40 bits per heavy atom. The van der Waals surface area contributed by atoms with Crippen LogP contribution in [0.3, 0.4) is 0 Å². The third-order valence-corrected chi connectivity index (χ3v) is 5.08. The van der Waals surface area contributed by atoms with Gasteiger partial charge in [-0.3, -0.25) is 0 Å². The molecule has 0 fully saturated rings. The third kappa shape index (κ3) is 2.97. The molecule has 0 saturated carbocycles. The zero-order valence-electron chi connectivity index (χ0n) is 12.1. The highest BCUT2D eigenvalue weighted by molar-refractivity contribution is 7.15. The van der Waals surface area contributed by atoms with Crippen LogP contribution >= 0.6 is 22.9 Å². The lowest BCUT2D eigenvalue weighted by Crippen LogP contribution is -2.21. The number of thiazole rings is 1. The maximum absolute atomic E-state index is 6.28. The van der Waals surface area contributed by atoms with Gasteiger partial charge in [-0.1, -0.05) is 36.7 Å². The summed E-state index contributed by atoms with van der Waals surface area (Å²) in [6.45, 7) is 4.79. The van der Waals surface area contributed by atoms with Crippen molar-refractivity contribution in [2.24, 2.45) is 5.73 Å². The van der Waals surface area contributed by atoms with Crippen molar-refractivity contribution in [1.29, 1.82) is 0 Å². The molecule has 20 heavy (non-hydrogen) atoms. The van der Waals surface area contributed by atoms with E-state index in [9.17, 15) is 0 Å². The second-order valence-corrected chi connectivity index (χ2v) is 6.20. The Kier molecular flexibility index (Phi) is 5.02. The number of nitrogens with two attached hydrogens (primary N) is 1. The first-order valence-electron chi connectivity index (χ1n) is 6.74. The van der Waals surface area contributed by atoms with Gasteiger partial charge in [-0.2, -0.15) is 0 Å². The van der Waals surface area contributed by atoms with Gasteiger partial charge in [0.05, 0.1) is 11.7 Å². The molecule has 0 aliphatic rings. The number of rotatable bonds is 5. The van der Waals surface area contributed by atoms with Crippen LogP contribution < -0.4 is 10.6 Å². The monoisotopic (exact) mass is 309 g/mol. The normalized spacial score (nSPS) is 12.4. The van der Waals surface area contributed by atoms with Gasteiger partial charge in [0.2, 0.25) is 0 Å². The van der Waals surface area contributed by atoms with Crippen LogP contribution in [0.2, 0.25) is 5.02 Å². The van der Waals surface area contributed by atoms with E-state index >= 15 is 0 Å². The molecule has 2 aromatic rings. The van der Waals surface area contributed by atoms with Crippen molar-refractivity contribution in [2.75, 3.05) is 11.9 Å². The van der Waals surface area contributed by atoms with E-state index in [2.05, 4.69) is 24.8 Å². The lowest BCUT2D eigenvalue weighted by Gasteiger charge is -2.25. The number of hydrogen-bond donors (Lipinski definition) is 1. The minimum absolute atomic E-state index is 0.171. The van der Waals surface area contributed by atoms with Gasteiger partial charge in [-0.15, -0.1) is 11.3 Å². The Balaban J connectivity index is 2.29. The Hall–Kier alpha value is -1.10. The van der Waals surface area contributed by atoms with Crippen LogP contribution in [-0.2, 0) is 13.0 Å². The van der Waals surface area contributed by atoms with E-state index in [-0.39, 0.29) is 6.04 Å². The van der Waals surface area contributed by atoms with Gasteiger partial charge in [0.25, 0.3) is 0 Å². The summed E-state index contributed by atoms with van der Waals surface area (Å²) in [7, 11) is 2.05. The molecule has 1 heterocycles. The average molecular weight is 310 g/mol. The topological polar surface area (TPSA) is 42.2 Å². The van der Waals surface area contributed by atoms with E-state index in [4.69, 9.17) is 22.3 Å². The summed E-state index contributed by atoms with van der Waals surface area (Å²) in [5, 5.41) is 1.79. The lowest BCUT2D eigenvalue weighted by atomic mass is 10.1. The molecule has 2 N–H and O–H groups in total. The Labute approximate surface area is 129 Å². The molecule has 1 atom stereocenters. The van der Waals surface area contributed by atoms with Crippen LogP contribution in [0.4, 0.5) is 5.13 Å². The number of nitrogens with zero attached hydrogens (tertiary/aromatic N) is 2. The fourth-order valence-corrected chi connectivity index (χ4v) is 3.51. The summed E-state index contributed by atoms with van der Waals surface area (Å²) in [6.07, 6.45) is 0.914. The van der Waals surface area contributed by atoms with E-state index in [1.807, 2.05) is 25.2 Å². The molecule has 0 radical (unpaired) electrons. The van der Waals surface area contributed by atoms with Crippen LogP contribution in [0.1, 0.15) is 36.0 Å². The minimum Gasteiger partial charge on any atom is -0.344 e. The van der Waals surface area contributed by atoms with Crippen molar-refractivity contribution in [2.45, 2.75) is 32.9 Å². The second kappa shape index (κ2) is 6.57. The van der Waals surface area contributed by atoms with Crippen molar-refractivity contribution in [3.05, 3.63) is 45.4 Å². The number of benzene rings is 1. The zero-order chi connectivity index (χ0) is 14.7. The third-order valence-electron chi connectivity index (χ3n) is 3.53. The molecule has 0 aliphatic heterocycles. The Bertz CT molecular complexity index is 561. The first kappa shape index (κ1) is 15.3. The van der Waals surface area contributed by atoms with Crippen LogP contribution in [0.5, 0.6) is 0 Å². The zero-order valence-corrected chi connectivity index (χ0v) is 13.6. The van der Waals surface area contributed by atoms with E-state index in [0.29, 0.717) is 6.54 Å². The van der Waals surface area contributed by atoms with Crippen LogP contribution in [-0.4, -0.2) is 12.0 Å². The molecule has 0 saturated heterocycles. The van der Waals surface area contributed by atoms with E-state index in [0.717, 1.165) is 27.8 Å². The quantitative estimate of drug-likeness (QED) is 0.907. The summed E-state index contributed by atoms with van der Waals surface area (Å²) in [5.74, 6) is 0. The highest BCUT2D eigenvalue weighted by atomic mass is 35.5. The van der Waals surface area contributed by atoms with Crippen molar-refractivity contribution in [3.63, 3.8) is 0 Å². The van der Waals surface area contributed by atoms with Crippen LogP contribution in [0.25, 0.3) is 0 Å². The number of halogens is 1. The largest absolute Gasteiger partial charge is 0.344 e. The van der Waals surface area contributed by atoms with Gasteiger partial charge in [0.15, 0.2) is 5.13 Å². The van der Waals surface area contributed by atoms with E-state index in [1.165, 1.54) is 4.88 Å². The molecule has 0 bridgehead atoms. The van der Waals surface area contributed by atoms with Gasteiger partial charge < -0.3 is 10.6 Å². The standard InChI is InChI=1S/C15H20ClN3S/c1-4-13-14(9-17)20-15(18-13)19(3)10(2)11-7-5-6-8-12(11)16/h5-8,10H,4,9,17H2,1-3H3. The van der Waals surface area contributed by atoms with Crippen molar-refractivity contribution >= 4 is 28.1 Å². The van der Waals surface area contributed by atoms with Crippen molar-refractivity contribution in [3.8, 4) is 0 Å². The van der Waals surface area contributed by atoms with Gasteiger partial charge in [-0.05, 0) is 25.0 Å². The second-order valence-electron chi connectivity index (χ2n) is 4.73. The maximum atomic E-state index is 6.28. The predicted molar refractivity (Wildman–Crippen MR) is 87.7 cm³/mol. The fraction of sp³-hybridized carbons (Fsp3) is 0.400.